The van der Waals surface area contributed by atoms with E-state index in [0.717, 1.165) is 31.2 Å². The average Bonchev–Trinajstić information content (AvgIpc) is 2.67. The maximum absolute atomic E-state index is 11.9. The van der Waals surface area contributed by atoms with Gasteiger partial charge in [0.15, 0.2) is 0 Å². The first kappa shape index (κ1) is 12.8. The first-order valence-corrected chi connectivity index (χ1v) is 6.67. The second-order valence-corrected chi connectivity index (χ2v) is 4.80. The molecule has 0 fully saturated rings. The van der Waals surface area contributed by atoms with Crippen molar-refractivity contribution in [2.45, 2.75) is 45.4 Å². The lowest BCUT2D eigenvalue weighted by Crippen LogP contribution is -2.20. The van der Waals surface area contributed by atoms with E-state index in [1.54, 1.807) is 6.07 Å². The van der Waals surface area contributed by atoms with Crippen LogP contribution in [0.1, 0.15) is 71.7 Å². The molecule has 1 aromatic carbocycles. The van der Waals surface area contributed by atoms with Crippen molar-refractivity contribution >= 4 is 11.8 Å². The van der Waals surface area contributed by atoms with Crippen LogP contribution in [0.2, 0.25) is 0 Å². The maximum atomic E-state index is 11.9. The van der Waals surface area contributed by atoms with E-state index in [1.807, 2.05) is 12.1 Å². The van der Waals surface area contributed by atoms with Crippen LogP contribution < -0.4 is 5.32 Å². The second-order valence-electron chi connectivity index (χ2n) is 4.80. The Hall–Kier alpha value is -1.64. The van der Waals surface area contributed by atoms with Crippen molar-refractivity contribution in [2.24, 2.45) is 0 Å². The summed E-state index contributed by atoms with van der Waals surface area (Å²) in [5, 5.41) is 2.38. The van der Waals surface area contributed by atoms with Crippen LogP contribution in [0.5, 0.6) is 0 Å². The Balaban J connectivity index is 2.39. The Labute approximate surface area is 108 Å². The van der Waals surface area contributed by atoms with E-state index in [0.29, 0.717) is 17.0 Å². The molecule has 0 aromatic heterocycles. The number of nitrogens with one attached hydrogen (secondary N) is 1. The molecule has 1 aliphatic heterocycles. The monoisotopic (exact) mass is 245 g/mol. The van der Waals surface area contributed by atoms with E-state index in [9.17, 15) is 9.59 Å². The number of amides is 2. The Morgan fingerprint density at radius 3 is 2.61 bits per heavy atom. The summed E-state index contributed by atoms with van der Waals surface area (Å²) in [5.41, 5.74) is 2.17. The number of rotatable bonds is 5. The minimum absolute atomic E-state index is 0.236. The fourth-order valence-electron chi connectivity index (χ4n) is 2.62. The first-order chi connectivity index (χ1) is 8.69. The molecular formula is C15H19NO2. The van der Waals surface area contributed by atoms with Crippen LogP contribution in [0.25, 0.3) is 0 Å². The van der Waals surface area contributed by atoms with Gasteiger partial charge in [-0.2, -0.15) is 0 Å². The van der Waals surface area contributed by atoms with Gasteiger partial charge in [0.05, 0.1) is 11.1 Å². The van der Waals surface area contributed by atoms with Crippen LogP contribution >= 0.6 is 0 Å². The Morgan fingerprint density at radius 2 is 1.94 bits per heavy atom. The third-order valence-corrected chi connectivity index (χ3v) is 3.63. The highest BCUT2D eigenvalue weighted by Gasteiger charge is 2.30. The minimum Gasteiger partial charge on any atom is -0.288 e. The van der Waals surface area contributed by atoms with Crippen LogP contribution in [0.15, 0.2) is 18.2 Å². The number of benzene rings is 1. The van der Waals surface area contributed by atoms with Gasteiger partial charge in [-0.1, -0.05) is 38.8 Å². The van der Waals surface area contributed by atoms with Crippen molar-refractivity contribution in [3.63, 3.8) is 0 Å². The summed E-state index contributed by atoms with van der Waals surface area (Å²) in [4.78, 5) is 23.5. The Bertz CT molecular complexity index is 479. The highest BCUT2D eigenvalue weighted by Crippen LogP contribution is 2.31. The van der Waals surface area contributed by atoms with Gasteiger partial charge in [0.2, 0.25) is 0 Å². The summed E-state index contributed by atoms with van der Waals surface area (Å²) in [5.74, 6) is -0.126. The zero-order valence-corrected chi connectivity index (χ0v) is 11.0. The summed E-state index contributed by atoms with van der Waals surface area (Å²) in [6, 6.07) is 5.59. The predicted molar refractivity (Wildman–Crippen MR) is 70.8 cm³/mol. The highest BCUT2D eigenvalue weighted by atomic mass is 16.2. The van der Waals surface area contributed by atoms with Gasteiger partial charge in [-0.15, -0.1) is 0 Å². The van der Waals surface area contributed by atoms with Gasteiger partial charge in [-0.05, 0) is 30.4 Å². The van der Waals surface area contributed by atoms with Crippen molar-refractivity contribution < 1.29 is 9.59 Å². The van der Waals surface area contributed by atoms with E-state index >= 15 is 0 Å². The van der Waals surface area contributed by atoms with Crippen molar-refractivity contribution in [3.8, 4) is 0 Å². The van der Waals surface area contributed by atoms with Crippen LogP contribution in [0, 0.1) is 0 Å². The molecule has 96 valence electrons. The molecular weight excluding hydrogens is 226 g/mol. The fraction of sp³-hybridized carbons (Fsp3) is 0.467. The van der Waals surface area contributed by atoms with Gasteiger partial charge in [-0.3, -0.25) is 14.9 Å². The fourth-order valence-corrected chi connectivity index (χ4v) is 2.62. The van der Waals surface area contributed by atoms with Crippen molar-refractivity contribution in [3.05, 3.63) is 34.9 Å². The number of hydrogen-bond donors (Lipinski definition) is 1. The molecule has 3 nitrogen and oxygen atoms in total. The third-order valence-electron chi connectivity index (χ3n) is 3.63. The Morgan fingerprint density at radius 1 is 1.17 bits per heavy atom. The molecule has 1 unspecified atom stereocenters. The summed E-state index contributed by atoms with van der Waals surface area (Å²) in [6.45, 7) is 4.30. The van der Waals surface area contributed by atoms with E-state index < -0.39 is 0 Å². The van der Waals surface area contributed by atoms with Crippen molar-refractivity contribution in [2.75, 3.05) is 0 Å². The van der Waals surface area contributed by atoms with Gasteiger partial charge in [0.25, 0.3) is 11.8 Å². The lowest BCUT2D eigenvalue weighted by Gasteiger charge is -2.17. The van der Waals surface area contributed by atoms with Gasteiger partial charge < -0.3 is 0 Å². The zero-order chi connectivity index (χ0) is 13.1. The molecule has 2 rings (SSSR count). The van der Waals surface area contributed by atoms with Gasteiger partial charge in [0.1, 0.15) is 0 Å². The molecule has 18 heavy (non-hydrogen) atoms. The largest absolute Gasteiger partial charge is 0.288 e. The normalized spacial score (nSPS) is 15.4. The number of unbranched alkanes of at least 4 members (excludes halogenated alkanes) is 1. The molecule has 3 heteroatoms. The second kappa shape index (κ2) is 5.34. The molecule has 0 saturated carbocycles. The number of carbonyl (C=O) groups is 2. The molecule has 0 radical (unpaired) electrons. The van der Waals surface area contributed by atoms with E-state index in [2.05, 4.69) is 19.2 Å². The molecule has 0 aliphatic carbocycles. The first-order valence-electron chi connectivity index (χ1n) is 6.67. The summed E-state index contributed by atoms with van der Waals surface area (Å²) in [7, 11) is 0. The quantitative estimate of drug-likeness (QED) is 0.809. The van der Waals surface area contributed by atoms with Crippen LogP contribution in [-0.4, -0.2) is 11.8 Å². The minimum atomic E-state index is -0.262. The SMILES string of the molecule is CCCCC(CC)c1cccc2c1C(=O)NC2=O. The van der Waals surface area contributed by atoms with Crippen molar-refractivity contribution in [1.29, 1.82) is 0 Å². The lowest BCUT2D eigenvalue weighted by molar-refractivity contribution is 0.0879. The molecule has 0 saturated heterocycles. The Kier molecular flexibility index (Phi) is 3.80. The van der Waals surface area contributed by atoms with Gasteiger partial charge in [0, 0.05) is 0 Å². The standard InChI is InChI=1S/C15H19NO2/c1-3-5-7-10(4-2)11-8-6-9-12-13(11)15(18)16-14(12)17/h6,8-10H,3-5,7H2,1-2H3,(H,16,17,18). The van der Waals surface area contributed by atoms with Crippen LogP contribution in [-0.2, 0) is 0 Å². The maximum Gasteiger partial charge on any atom is 0.259 e. The average molecular weight is 245 g/mol. The molecule has 1 heterocycles. The van der Waals surface area contributed by atoms with Gasteiger partial charge in [-0.25, -0.2) is 0 Å². The lowest BCUT2D eigenvalue weighted by atomic mass is 9.86. The topological polar surface area (TPSA) is 46.2 Å². The van der Waals surface area contributed by atoms with E-state index in [4.69, 9.17) is 0 Å². The smallest absolute Gasteiger partial charge is 0.259 e. The summed E-state index contributed by atoms with van der Waals surface area (Å²) < 4.78 is 0. The summed E-state index contributed by atoms with van der Waals surface area (Å²) in [6.07, 6.45) is 4.37. The molecule has 1 atom stereocenters. The van der Waals surface area contributed by atoms with Crippen LogP contribution in [0.3, 0.4) is 0 Å². The highest BCUT2D eigenvalue weighted by molar-refractivity contribution is 6.22. The molecule has 2 amide bonds. The van der Waals surface area contributed by atoms with E-state index in [1.165, 1.54) is 0 Å². The van der Waals surface area contributed by atoms with Crippen LogP contribution in [0.4, 0.5) is 0 Å². The van der Waals surface area contributed by atoms with Crippen molar-refractivity contribution in [1.82, 2.24) is 5.32 Å². The van der Waals surface area contributed by atoms with E-state index in [-0.39, 0.29) is 11.8 Å². The third kappa shape index (κ3) is 2.17. The number of hydrogen-bond acceptors (Lipinski definition) is 2. The molecule has 0 bridgehead atoms. The molecule has 1 aromatic rings. The number of fused-ring (bicyclic) bond motifs is 1. The number of imide groups is 1. The molecule has 1 N–H and O–H groups in total. The predicted octanol–water partition coefficient (Wildman–Crippen LogP) is 3.25. The zero-order valence-electron chi connectivity index (χ0n) is 11.0. The molecule has 1 aliphatic rings. The number of carbonyl (C=O) groups excluding carboxylic acids is 2. The van der Waals surface area contributed by atoms with Gasteiger partial charge >= 0.3 is 0 Å². The summed E-state index contributed by atoms with van der Waals surface area (Å²) >= 11 is 0. The molecule has 0 spiro atoms.